The predicted octanol–water partition coefficient (Wildman–Crippen LogP) is 1.23. The largest absolute Gasteiger partial charge is 0.384 e. The van der Waals surface area contributed by atoms with Crippen LogP contribution in [-0.4, -0.2) is 44.1 Å². The summed E-state index contributed by atoms with van der Waals surface area (Å²) in [6.45, 7) is 0.237. The summed E-state index contributed by atoms with van der Waals surface area (Å²) in [5.74, 6) is -2.01. The summed E-state index contributed by atoms with van der Waals surface area (Å²) in [4.78, 5) is 16.1. The van der Waals surface area contributed by atoms with Crippen LogP contribution in [0.1, 0.15) is 5.56 Å². The zero-order valence-electron chi connectivity index (χ0n) is 13.0. The molecular weight excluding hydrogens is 355 g/mol. The number of methoxy groups -OCH3 is 1. The first-order valence-electron chi connectivity index (χ1n) is 7.05. The Hall–Kier alpha value is -1.84. The van der Waals surface area contributed by atoms with Gasteiger partial charge in [0.25, 0.3) is 5.91 Å². The van der Waals surface area contributed by atoms with Gasteiger partial charge < -0.3 is 9.30 Å². The molecule has 0 aliphatic heterocycles. The second-order valence-corrected chi connectivity index (χ2v) is 8.05. The summed E-state index contributed by atoms with van der Waals surface area (Å²) in [7, 11) is -2.17. The van der Waals surface area contributed by atoms with Gasteiger partial charge in [0.1, 0.15) is 11.6 Å². The van der Waals surface area contributed by atoms with Crippen LogP contribution in [0.15, 0.2) is 40.8 Å². The molecule has 0 atom stereocenters. The van der Waals surface area contributed by atoms with Crippen molar-refractivity contribution in [1.82, 2.24) is 4.57 Å². The summed E-state index contributed by atoms with van der Waals surface area (Å²) in [5, 5.41) is 1.70. The van der Waals surface area contributed by atoms with Crippen LogP contribution in [0.5, 0.6) is 0 Å². The highest BCUT2D eigenvalue weighted by molar-refractivity contribution is 7.92. The maximum Gasteiger partial charge on any atom is 0.263 e. The van der Waals surface area contributed by atoms with Crippen molar-refractivity contribution >= 4 is 27.1 Å². The predicted molar refractivity (Wildman–Crippen MR) is 88.9 cm³/mol. The van der Waals surface area contributed by atoms with E-state index in [-0.39, 0.29) is 24.7 Å². The quantitative estimate of drug-likeness (QED) is 0.732. The molecule has 1 aromatic carbocycles. The average molecular weight is 372 g/mol. The van der Waals surface area contributed by atoms with E-state index in [1.807, 2.05) is 0 Å². The number of carbonyl (C=O) groups is 1. The van der Waals surface area contributed by atoms with E-state index >= 15 is 0 Å². The number of sulfone groups is 1. The maximum atomic E-state index is 13.7. The van der Waals surface area contributed by atoms with Gasteiger partial charge in [0, 0.05) is 24.3 Å². The molecule has 130 valence electrons. The monoisotopic (exact) mass is 372 g/mol. The van der Waals surface area contributed by atoms with Gasteiger partial charge in [-0.2, -0.15) is 4.99 Å². The van der Waals surface area contributed by atoms with Gasteiger partial charge in [-0.3, -0.25) is 4.79 Å². The molecule has 0 aliphatic rings. The Morgan fingerprint density at radius 1 is 1.38 bits per heavy atom. The van der Waals surface area contributed by atoms with Crippen molar-refractivity contribution in [2.45, 2.75) is 6.54 Å². The fourth-order valence-corrected chi connectivity index (χ4v) is 3.68. The van der Waals surface area contributed by atoms with Crippen LogP contribution >= 0.6 is 11.3 Å². The van der Waals surface area contributed by atoms with Crippen LogP contribution in [-0.2, 0) is 25.9 Å². The van der Waals surface area contributed by atoms with Crippen LogP contribution in [0.25, 0.3) is 0 Å². The van der Waals surface area contributed by atoms with Crippen molar-refractivity contribution in [2.24, 2.45) is 4.99 Å². The molecule has 0 N–H and O–H groups in total. The number of nitrogens with zero attached hydrogens (tertiary/aromatic N) is 2. The highest BCUT2D eigenvalue weighted by atomic mass is 32.2. The van der Waals surface area contributed by atoms with Gasteiger partial charge >= 0.3 is 0 Å². The van der Waals surface area contributed by atoms with E-state index in [1.165, 1.54) is 24.5 Å². The zero-order chi connectivity index (χ0) is 17.6. The van der Waals surface area contributed by atoms with E-state index in [9.17, 15) is 17.6 Å². The molecule has 2 rings (SSSR count). The number of aromatic nitrogens is 1. The molecule has 0 unspecified atom stereocenters. The van der Waals surface area contributed by atoms with Crippen molar-refractivity contribution in [3.8, 4) is 0 Å². The minimum absolute atomic E-state index is 0.0297. The van der Waals surface area contributed by atoms with E-state index in [0.29, 0.717) is 10.4 Å². The van der Waals surface area contributed by atoms with Gasteiger partial charge in [0.05, 0.1) is 18.9 Å². The number of amides is 1. The normalized spacial score (nSPS) is 12.5. The number of benzene rings is 1. The Labute approximate surface area is 143 Å². The molecule has 0 saturated carbocycles. The molecular formula is C15H17FN2O4S2. The van der Waals surface area contributed by atoms with Crippen molar-refractivity contribution in [3.63, 3.8) is 0 Å². The fourth-order valence-electron chi connectivity index (χ4n) is 1.93. The lowest BCUT2D eigenvalue weighted by atomic mass is 10.2. The molecule has 1 amide bonds. The number of thiazole rings is 1. The van der Waals surface area contributed by atoms with Crippen LogP contribution in [0.3, 0.4) is 0 Å². The number of carbonyl (C=O) groups excluding carboxylic acids is 1. The number of hydrogen-bond donors (Lipinski definition) is 0. The minimum atomic E-state index is -3.56. The zero-order valence-corrected chi connectivity index (χ0v) is 14.6. The Bertz CT molecular complexity index is 871. The molecule has 24 heavy (non-hydrogen) atoms. The Morgan fingerprint density at radius 2 is 2.12 bits per heavy atom. The molecule has 0 fully saturated rings. The van der Waals surface area contributed by atoms with Gasteiger partial charge in [0.15, 0.2) is 14.6 Å². The second kappa shape index (κ2) is 8.32. The first-order chi connectivity index (χ1) is 11.4. The first kappa shape index (κ1) is 18.5. The molecule has 0 spiro atoms. The van der Waals surface area contributed by atoms with Crippen molar-refractivity contribution in [3.05, 3.63) is 52.0 Å². The van der Waals surface area contributed by atoms with Gasteiger partial charge in [0.2, 0.25) is 0 Å². The first-order valence-corrected chi connectivity index (χ1v) is 9.75. The minimum Gasteiger partial charge on any atom is -0.384 e. The lowest BCUT2D eigenvalue weighted by molar-refractivity contribution is -0.115. The summed E-state index contributed by atoms with van der Waals surface area (Å²) < 4.78 is 43.5. The van der Waals surface area contributed by atoms with Crippen LogP contribution < -0.4 is 4.80 Å². The third-order valence-electron chi connectivity index (χ3n) is 3.12. The second-order valence-electron chi connectivity index (χ2n) is 5.00. The van der Waals surface area contributed by atoms with Gasteiger partial charge in [-0.05, 0) is 6.07 Å². The number of rotatable bonds is 7. The average Bonchev–Trinajstić information content (AvgIpc) is 2.94. The molecule has 0 saturated heterocycles. The van der Waals surface area contributed by atoms with Crippen LogP contribution in [0, 0.1) is 5.82 Å². The Morgan fingerprint density at radius 3 is 2.83 bits per heavy atom. The molecule has 0 radical (unpaired) electrons. The number of halogens is 1. The van der Waals surface area contributed by atoms with E-state index in [2.05, 4.69) is 4.99 Å². The van der Waals surface area contributed by atoms with E-state index in [1.54, 1.807) is 34.3 Å². The highest BCUT2D eigenvalue weighted by Gasteiger charge is 2.16. The maximum absolute atomic E-state index is 13.7. The Kier molecular flexibility index (Phi) is 6.41. The molecule has 9 heteroatoms. The summed E-state index contributed by atoms with van der Waals surface area (Å²) in [6, 6.07) is 6.31. The van der Waals surface area contributed by atoms with Gasteiger partial charge in [-0.25, -0.2) is 12.8 Å². The lowest BCUT2D eigenvalue weighted by Gasteiger charge is -2.04. The van der Waals surface area contributed by atoms with E-state index in [4.69, 9.17) is 4.74 Å². The summed E-state index contributed by atoms with van der Waals surface area (Å²) >= 11 is 1.18. The lowest BCUT2D eigenvalue weighted by Crippen LogP contribution is -2.23. The van der Waals surface area contributed by atoms with Gasteiger partial charge in [-0.1, -0.05) is 18.2 Å². The molecule has 0 aliphatic carbocycles. The van der Waals surface area contributed by atoms with E-state index < -0.39 is 21.5 Å². The molecule has 2 aromatic rings. The molecule has 0 bridgehead atoms. The van der Waals surface area contributed by atoms with Crippen molar-refractivity contribution in [2.75, 3.05) is 25.2 Å². The van der Waals surface area contributed by atoms with E-state index in [0.717, 1.165) is 0 Å². The number of ether oxygens (including phenoxy) is 1. The summed E-state index contributed by atoms with van der Waals surface area (Å²) in [5.41, 5.74) is 0.456. The molecule has 1 aromatic heterocycles. The van der Waals surface area contributed by atoms with Crippen LogP contribution in [0.2, 0.25) is 0 Å². The van der Waals surface area contributed by atoms with Crippen LogP contribution in [0.4, 0.5) is 4.39 Å². The van der Waals surface area contributed by atoms with Gasteiger partial charge in [-0.15, -0.1) is 11.3 Å². The molecule has 1 heterocycles. The molecule has 6 nitrogen and oxygen atoms in total. The third-order valence-corrected chi connectivity index (χ3v) is 5.39. The standard InChI is InChI=1S/C15H17FN2O4S2/c1-22-7-9-24(20,21)11-14(19)17-15-18(6-8-23-15)10-12-4-2-3-5-13(12)16/h2-6,8H,7,9-11H2,1H3. The highest BCUT2D eigenvalue weighted by Crippen LogP contribution is 2.08. The third kappa shape index (κ3) is 5.36. The Balaban J connectivity index is 2.16. The van der Waals surface area contributed by atoms with Crippen molar-refractivity contribution < 1.29 is 22.3 Å². The summed E-state index contributed by atoms with van der Waals surface area (Å²) in [6.07, 6.45) is 1.67. The number of hydrogen-bond acceptors (Lipinski definition) is 5. The fraction of sp³-hybridized carbons (Fsp3) is 0.333. The SMILES string of the molecule is COCCS(=O)(=O)CC(=O)N=c1sccn1Cc1ccccc1F. The van der Waals surface area contributed by atoms with Crippen molar-refractivity contribution in [1.29, 1.82) is 0 Å². The smallest absolute Gasteiger partial charge is 0.263 e. The topological polar surface area (TPSA) is 77.7 Å².